The second kappa shape index (κ2) is 10.2. The summed E-state index contributed by atoms with van der Waals surface area (Å²) in [4.78, 5) is 26.1. The summed E-state index contributed by atoms with van der Waals surface area (Å²) in [6.45, 7) is 6.73. The number of nitrogens with one attached hydrogen (secondary N) is 1. The van der Waals surface area contributed by atoms with Crippen molar-refractivity contribution < 1.29 is 23.8 Å². The van der Waals surface area contributed by atoms with E-state index in [0.717, 1.165) is 16.7 Å². The predicted molar refractivity (Wildman–Crippen MR) is 124 cm³/mol. The molecule has 0 bridgehead atoms. The van der Waals surface area contributed by atoms with Crippen LogP contribution in [0.25, 0.3) is 5.57 Å². The van der Waals surface area contributed by atoms with Gasteiger partial charge in [-0.2, -0.15) is 0 Å². The Morgan fingerprint density at radius 2 is 1.84 bits per heavy atom. The molecule has 0 saturated carbocycles. The van der Waals surface area contributed by atoms with Crippen LogP contribution in [0.2, 0.25) is 0 Å². The van der Waals surface area contributed by atoms with E-state index in [1.165, 1.54) is 0 Å². The summed E-state index contributed by atoms with van der Waals surface area (Å²) >= 11 is 0. The lowest BCUT2D eigenvalue weighted by atomic mass is 9.99. The van der Waals surface area contributed by atoms with Gasteiger partial charge in [-0.15, -0.1) is 0 Å². The standard InChI is InChI=1S/C25H30N2O5/c1-25(2,3)32-23(28)26-21-11-10-20(16-22(21)30-4)19-12-14-27(15-13-19)24(29)31-17-18-8-6-5-7-9-18/h5-12,16H,13-15,17H2,1-4H3,(H,26,28). The van der Waals surface area contributed by atoms with Gasteiger partial charge in [0.2, 0.25) is 0 Å². The molecule has 0 atom stereocenters. The highest BCUT2D eigenvalue weighted by Crippen LogP contribution is 2.31. The van der Waals surface area contributed by atoms with Crippen molar-refractivity contribution in [1.82, 2.24) is 4.90 Å². The number of methoxy groups -OCH3 is 1. The zero-order valence-electron chi connectivity index (χ0n) is 19.0. The van der Waals surface area contributed by atoms with Gasteiger partial charge >= 0.3 is 12.2 Å². The van der Waals surface area contributed by atoms with Gasteiger partial charge in [0.1, 0.15) is 18.0 Å². The lowest BCUT2D eigenvalue weighted by Gasteiger charge is -2.26. The Balaban J connectivity index is 1.60. The van der Waals surface area contributed by atoms with Crippen LogP contribution >= 0.6 is 0 Å². The minimum atomic E-state index is -0.585. The minimum Gasteiger partial charge on any atom is -0.495 e. The molecule has 0 spiro atoms. The van der Waals surface area contributed by atoms with Crippen molar-refractivity contribution in [2.45, 2.75) is 39.4 Å². The van der Waals surface area contributed by atoms with Crippen LogP contribution in [0.15, 0.2) is 54.6 Å². The van der Waals surface area contributed by atoms with E-state index in [2.05, 4.69) is 5.32 Å². The van der Waals surface area contributed by atoms with E-state index < -0.39 is 11.7 Å². The van der Waals surface area contributed by atoms with Crippen LogP contribution < -0.4 is 10.1 Å². The molecule has 7 heteroatoms. The van der Waals surface area contributed by atoms with Crippen molar-refractivity contribution in [3.63, 3.8) is 0 Å². The molecule has 1 heterocycles. The van der Waals surface area contributed by atoms with Crippen molar-refractivity contribution in [2.75, 3.05) is 25.5 Å². The first kappa shape index (κ1) is 23.2. The normalized spacial score (nSPS) is 13.8. The van der Waals surface area contributed by atoms with E-state index >= 15 is 0 Å². The lowest BCUT2D eigenvalue weighted by Crippen LogP contribution is -2.35. The number of carbonyl (C=O) groups is 2. The highest BCUT2D eigenvalue weighted by molar-refractivity contribution is 5.87. The number of rotatable bonds is 5. The van der Waals surface area contributed by atoms with E-state index in [0.29, 0.717) is 30.9 Å². The van der Waals surface area contributed by atoms with Gasteiger partial charge in [0.05, 0.1) is 12.8 Å². The van der Waals surface area contributed by atoms with Crippen LogP contribution in [0.3, 0.4) is 0 Å². The number of anilines is 1. The number of carbonyl (C=O) groups excluding carboxylic acids is 2. The number of ether oxygens (including phenoxy) is 3. The van der Waals surface area contributed by atoms with Gasteiger partial charge in [0.25, 0.3) is 0 Å². The Labute approximate surface area is 189 Å². The fraction of sp³-hybridized carbons (Fsp3) is 0.360. The molecule has 32 heavy (non-hydrogen) atoms. The van der Waals surface area contributed by atoms with Crippen LogP contribution in [0.5, 0.6) is 5.75 Å². The van der Waals surface area contributed by atoms with E-state index in [9.17, 15) is 9.59 Å². The lowest BCUT2D eigenvalue weighted by molar-refractivity contribution is 0.0635. The Morgan fingerprint density at radius 1 is 1.09 bits per heavy atom. The zero-order valence-corrected chi connectivity index (χ0v) is 19.0. The van der Waals surface area contributed by atoms with Crippen molar-refractivity contribution >= 4 is 23.4 Å². The molecule has 7 nitrogen and oxygen atoms in total. The number of nitrogens with zero attached hydrogens (tertiary/aromatic N) is 1. The summed E-state index contributed by atoms with van der Waals surface area (Å²) in [5, 5.41) is 2.72. The third-order valence-electron chi connectivity index (χ3n) is 4.88. The van der Waals surface area contributed by atoms with Crippen LogP contribution in [0, 0.1) is 0 Å². The topological polar surface area (TPSA) is 77.1 Å². The fourth-order valence-electron chi connectivity index (χ4n) is 3.32. The number of hydrogen-bond donors (Lipinski definition) is 1. The largest absolute Gasteiger partial charge is 0.495 e. The van der Waals surface area contributed by atoms with Gasteiger partial charge in [-0.25, -0.2) is 9.59 Å². The third kappa shape index (κ3) is 6.51. The highest BCUT2D eigenvalue weighted by Gasteiger charge is 2.21. The predicted octanol–water partition coefficient (Wildman–Crippen LogP) is 5.47. The third-order valence-corrected chi connectivity index (χ3v) is 4.88. The molecule has 170 valence electrons. The average molecular weight is 439 g/mol. The van der Waals surface area contributed by atoms with E-state index in [4.69, 9.17) is 14.2 Å². The molecule has 1 aliphatic rings. The maximum absolute atomic E-state index is 12.4. The van der Waals surface area contributed by atoms with E-state index in [1.807, 2.05) is 69.3 Å². The molecular weight excluding hydrogens is 408 g/mol. The zero-order chi connectivity index (χ0) is 23.1. The molecule has 0 aromatic heterocycles. The molecule has 2 aromatic rings. The molecule has 0 fully saturated rings. The molecular formula is C25H30N2O5. The molecule has 1 N–H and O–H groups in total. The van der Waals surface area contributed by atoms with E-state index in [1.54, 1.807) is 18.1 Å². The van der Waals surface area contributed by atoms with Crippen LogP contribution in [0.1, 0.15) is 38.3 Å². The minimum absolute atomic E-state index is 0.260. The molecule has 0 saturated heterocycles. The maximum Gasteiger partial charge on any atom is 0.412 e. The Morgan fingerprint density at radius 3 is 2.47 bits per heavy atom. The average Bonchev–Trinajstić information content (AvgIpc) is 2.77. The second-order valence-electron chi connectivity index (χ2n) is 8.51. The number of benzene rings is 2. The van der Waals surface area contributed by atoms with Gasteiger partial charge in [-0.3, -0.25) is 5.32 Å². The summed E-state index contributed by atoms with van der Waals surface area (Å²) in [6, 6.07) is 15.2. The van der Waals surface area contributed by atoms with E-state index in [-0.39, 0.29) is 12.7 Å². The van der Waals surface area contributed by atoms with Crippen molar-refractivity contribution in [2.24, 2.45) is 0 Å². The molecule has 1 aliphatic heterocycles. The fourth-order valence-corrected chi connectivity index (χ4v) is 3.32. The maximum atomic E-state index is 12.4. The first-order valence-corrected chi connectivity index (χ1v) is 10.6. The molecule has 2 amide bonds. The van der Waals surface area contributed by atoms with Crippen molar-refractivity contribution in [3.8, 4) is 5.75 Å². The van der Waals surface area contributed by atoms with Gasteiger partial charge < -0.3 is 19.1 Å². The quantitative estimate of drug-likeness (QED) is 0.670. The summed E-state index contributed by atoms with van der Waals surface area (Å²) in [5.74, 6) is 0.541. The van der Waals surface area contributed by atoms with Gasteiger partial charge in [-0.1, -0.05) is 42.5 Å². The first-order valence-electron chi connectivity index (χ1n) is 10.6. The number of amides is 2. The number of hydrogen-bond acceptors (Lipinski definition) is 5. The smallest absolute Gasteiger partial charge is 0.412 e. The van der Waals surface area contributed by atoms with Crippen LogP contribution in [-0.2, 0) is 16.1 Å². The first-order chi connectivity index (χ1) is 15.2. The monoisotopic (exact) mass is 438 g/mol. The summed E-state index contributed by atoms with van der Waals surface area (Å²) in [5.41, 5.74) is 3.00. The van der Waals surface area contributed by atoms with Crippen LogP contribution in [-0.4, -0.2) is 42.9 Å². The molecule has 3 rings (SSSR count). The van der Waals surface area contributed by atoms with Gasteiger partial charge in [0.15, 0.2) is 0 Å². The molecule has 2 aromatic carbocycles. The van der Waals surface area contributed by atoms with Crippen molar-refractivity contribution in [3.05, 3.63) is 65.7 Å². The van der Waals surface area contributed by atoms with Crippen LogP contribution in [0.4, 0.5) is 15.3 Å². The Hall–Kier alpha value is -3.48. The van der Waals surface area contributed by atoms with Gasteiger partial charge in [0, 0.05) is 13.1 Å². The summed E-state index contributed by atoms with van der Waals surface area (Å²) in [6.07, 6.45) is 1.86. The highest BCUT2D eigenvalue weighted by atomic mass is 16.6. The van der Waals surface area contributed by atoms with Gasteiger partial charge in [-0.05, 0) is 56.0 Å². The molecule has 0 aliphatic carbocycles. The SMILES string of the molecule is COc1cc(C2=CCN(C(=O)OCc3ccccc3)CC2)ccc1NC(=O)OC(C)(C)C. The molecule has 0 unspecified atom stereocenters. The van der Waals surface area contributed by atoms with Crippen molar-refractivity contribution in [1.29, 1.82) is 0 Å². The summed E-state index contributed by atoms with van der Waals surface area (Å²) < 4.78 is 16.2. The Kier molecular flexibility index (Phi) is 7.41. The Bertz CT molecular complexity index is 980. The second-order valence-corrected chi connectivity index (χ2v) is 8.51. The summed E-state index contributed by atoms with van der Waals surface area (Å²) in [7, 11) is 1.55. The molecule has 0 radical (unpaired) electrons.